The first-order valence-corrected chi connectivity index (χ1v) is 16.5. The van der Waals surface area contributed by atoms with E-state index in [-0.39, 0.29) is 36.0 Å². The Morgan fingerprint density at radius 2 is 1.96 bits per heavy atom. The third-order valence-corrected chi connectivity index (χ3v) is 9.89. The molecule has 9 nitrogen and oxygen atoms in total. The number of benzene rings is 2. The second-order valence-electron chi connectivity index (χ2n) is 14.2. The van der Waals surface area contributed by atoms with Crippen LogP contribution in [0.5, 0.6) is 6.01 Å². The van der Waals surface area contributed by atoms with Crippen LogP contribution in [0.1, 0.15) is 52.0 Å². The van der Waals surface area contributed by atoms with Gasteiger partial charge in [-0.15, -0.1) is 6.42 Å². The van der Waals surface area contributed by atoms with Crippen LogP contribution in [0.2, 0.25) is 0 Å². The van der Waals surface area contributed by atoms with Gasteiger partial charge in [0.2, 0.25) is 0 Å². The number of halogens is 2. The van der Waals surface area contributed by atoms with Crippen molar-refractivity contribution in [2.24, 2.45) is 0 Å². The van der Waals surface area contributed by atoms with Crippen molar-refractivity contribution in [3.63, 3.8) is 0 Å². The van der Waals surface area contributed by atoms with Gasteiger partial charge in [-0.25, -0.2) is 13.6 Å². The van der Waals surface area contributed by atoms with Gasteiger partial charge in [0.05, 0.1) is 10.9 Å². The van der Waals surface area contributed by atoms with Crippen molar-refractivity contribution in [3.8, 4) is 29.6 Å². The highest BCUT2D eigenvalue weighted by Crippen LogP contribution is 2.41. The van der Waals surface area contributed by atoms with Crippen LogP contribution in [0.4, 0.5) is 19.4 Å². The number of likely N-dealkylation sites (tertiary alicyclic amines) is 1. The van der Waals surface area contributed by atoms with Gasteiger partial charge in [0.15, 0.2) is 5.82 Å². The van der Waals surface area contributed by atoms with Crippen LogP contribution in [-0.2, 0) is 4.74 Å². The van der Waals surface area contributed by atoms with Gasteiger partial charge < -0.3 is 19.3 Å². The van der Waals surface area contributed by atoms with E-state index >= 15 is 4.39 Å². The molecule has 48 heavy (non-hydrogen) atoms. The molecule has 3 fully saturated rings. The van der Waals surface area contributed by atoms with Crippen molar-refractivity contribution in [3.05, 3.63) is 54.0 Å². The smallest absolute Gasteiger partial charge is 0.410 e. The predicted octanol–water partition coefficient (Wildman–Crippen LogP) is 6.37. The van der Waals surface area contributed by atoms with Gasteiger partial charge in [-0.3, -0.25) is 9.88 Å². The number of likely N-dealkylation sites (N-methyl/N-ethyl adjacent to an activating group) is 1. The molecule has 11 heteroatoms. The van der Waals surface area contributed by atoms with Crippen LogP contribution >= 0.6 is 0 Å². The Balaban J connectivity index is 1.29. The summed E-state index contributed by atoms with van der Waals surface area (Å²) in [6.45, 7) is 7.84. The zero-order chi connectivity index (χ0) is 33.8. The van der Waals surface area contributed by atoms with Crippen LogP contribution in [0.3, 0.4) is 0 Å². The number of carbonyl (C=O) groups excluding carboxylic acids is 1. The second-order valence-corrected chi connectivity index (χ2v) is 14.2. The molecule has 5 heterocycles. The number of ether oxygens (including phenoxy) is 2. The van der Waals surface area contributed by atoms with Crippen molar-refractivity contribution in [2.45, 2.75) is 69.8 Å². The summed E-state index contributed by atoms with van der Waals surface area (Å²) in [5, 5.41) is 2.01. The predicted molar refractivity (Wildman–Crippen MR) is 181 cm³/mol. The number of carbonyl (C=O) groups is 1. The average Bonchev–Trinajstić information content (AvgIpc) is 3.77. The normalized spacial score (nSPS) is 22.6. The summed E-state index contributed by atoms with van der Waals surface area (Å²) in [7, 11) is 1.87. The average molecular weight is 655 g/mol. The monoisotopic (exact) mass is 654 g/mol. The number of hydrogen-bond donors (Lipinski definition) is 0. The van der Waals surface area contributed by atoms with Crippen molar-refractivity contribution in [1.82, 2.24) is 24.8 Å². The fourth-order valence-corrected chi connectivity index (χ4v) is 7.57. The Hall–Kier alpha value is -4.56. The molecular formula is C37H40F2N6O3. The van der Waals surface area contributed by atoms with Gasteiger partial charge in [0.25, 0.3) is 0 Å². The molecule has 3 aliphatic heterocycles. The van der Waals surface area contributed by atoms with E-state index in [9.17, 15) is 9.18 Å². The molecule has 1 amide bonds. The van der Waals surface area contributed by atoms with Crippen LogP contribution < -0.4 is 9.64 Å². The minimum atomic E-state index is -0.914. The number of hydrogen-bond acceptors (Lipinski definition) is 8. The maximum Gasteiger partial charge on any atom is 0.410 e. The number of rotatable bonds is 6. The van der Waals surface area contributed by atoms with Gasteiger partial charge >= 0.3 is 12.1 Å². The minimum absolute atomic E-state index is 0.00756. The first kappa shape index (κ1) is 32.0. The third kappa shape index (κ3) is 5.76. The molecule has 3 saturated heterocycles. The highest BCUT2D eigenvalue weighted by molar-refractivity contribution is 6.02. The van der Waals surface area contributed by atoms with E-state index in [4.69, 9.17) is 20.9 Å². The Kier molecular flexibility index (Phi) is 8.10. The lowest BCUT2D eigenvalue weighted by atomic mass is 9.95. The molecule has 3 atom stereocenters. The standard InChI is InChI=1S/C37H40F2N6O3/c1-6-23-10-7-11-24-12-8-13-27(29(23)24)31-30(39)32-28(19-40-31)33(43(5)26-14-17-44(21-26)35(46)48-36(2,3)4)42-34(41-32)47-22-37-15-9-16-45(37)20-25(38)18-37/h1,7-8,10-13,19,25-26H,9,14-18,20-22H2,2-5H3/t25-,26-,37+/m1/s1. The Morgan fingerprint density at radius 3 is 2.73 bits per heavy atom. The highest BCUT2D eigenvalue weighted by atomic mass is 19.1. The quantitative estimate of drug-likeness (QED) is 0.222. The van der Waals surface area contributed by atoms with Crippen molar-refractivity contribution in [1.29, 1.82) is 0 Å². The maximum absolute atomic E-state index is 16.8. The maximum atomic E-state index is 16.8. The Bertz CT molecular complexity index is 1940. The van der Waals surface area contributed by atoms with Crippen LogP contribution in [-0.4, -0.2) is 94.0 Å². The van der Waals surface area contributed by atoms with E-state index in [2.05, 4.69) is 20.8 Å². The number of fused-ring (bicyclic) bond motifs is 3. The molecule has 3 aliphatic rings. The number of aromatic nitrogens is 3. The van der Waals surface area contributed by atoms with Gasteiger partial charge in [-0.1, -0.05) is 36.3 Å². The number of alkyl halides is 1. The summed E-state index contributed by atoms with van der Waals surface area (Å²) in [5.74, 6) is 2.53. The molecule has 7 rings (SSSR count). The summed E-state index contributed by atoms with van der Waals surface area (Å²) >= 11 is 0. The van der Waals surface area contributed by atoms with E-state index in [0.717, 1.165) is 30.2 Å². The molecule has 0 radical (unpaired) electrons. The fraction of sp³-hybridized carbons (Fsp3) is 0.459. The molecule has 0 bridgehead atoms. The summed E-state index contributed by atoms with van der Waals surface area (Å²) in [4.78, 5) is 32.6. The first-order valence-electron chi connectivity index (χ1n) is 16.5. The summed E-state index contributed by atoms with van der Waals surface area (Å²) in [5.41, 5.74) is 0.316. The van der Waals surface area contributed by atoms with E-state index < -0.39 is 23.1 Å². The summed E-state index contributed by atoms with van der Waals surface area (Å²) in [6, 6.07) is 11.1. The topological polar surface area (TPSA) is 83.9 Å². The van der Waals surface area contributed by atoms with Crippen LogP contribution in [0, 0.1) is 18.2 Å². The third-order valence-electron chi connectivity index (χ3n) is 9.89. The van der Waals surface area contributed by atoms with Crippen LogP contribution in [0.15, 0.2) is 42.6 Å². The second kappa shape index (κ2) is 12.2. The van der Waals surface area contributed by atoms with Gasteiger partial charge in [-0.05, 0) is 58.0 Å². The van der Waals surface area contributed by atoms with E-state index in [0.29, 0.717) is 54.8 Å². The lowest BCUT2D eigenvalue weighted by Crippen LogP contribution is -2.43. The van der Waals surface area contributed by atoms with Crippen molar-refractivity contribution in [2.75, 3.05) is 44.7 Å². The molecule has 4 aromatic rings. The van der Waals surface area contributed by atoms with E-state index in [1.807, 2.05) is 63.1 Å². The number of pyridine rings is 1. The largest absolute Gasteiger partial charge is 0.461 e. The van der Waals surface area contributed by atoms with Crippen LogP contribution in [0.25, 0.3) is 32.9 Å². The molecule has 0 saturated carbocycles. The molecule has 0 unspecified atom stereocenters. The zero-order valence-electron chi connectivity index (χ0n) is 27.8. The number of anilines is 1. The van der Waals surface area contributed by atoms with Gasteiger partial charge in [0, 0.05) is 61.9 Å². The lowest BCUT2D eigenvalue weighted by Gasteiger charge is -2.31. The van der Waals surface area contributed by atoms with Crippen molar-refractivity contribution < 1.29 is 23.0 Å². The number of amides is 1. The van der Waals surface area contributed by atoms with Gasteiger partial charge in [0.1, 0.15) is 35.4 Å². The number of terminal acetylenes is 1. The molecular weight excluding hydrogens is 614 g/mol. The highest BCUT2D eigenvalue weighted by Gasteiger charge is 2.49. The summed E-state index contributed by atoms with van der Waals surface area (Å²) < 4.78 is 43.2. The molecule has 0 N–H and O–H groups in total. The van der Waals surface area contributed by atoms with Crippen molar-refractivity contribution >= 4 is 33.6 Å². The zero-order valence-corrected chi connectivity index (χ0v) is 27.8. The fourth-order valence-electron chi connectivity index (χ4n) is 7.57. The Morgan fingerprint density at radius 1 is 1.17 bits per heavy atom. The Labute approximate surface area is 279 Å². The summed E-state index contributed by atoms with van der Waals surface area (Å²) in [6.07, 6.45) is 8.97. The minimum Gasteiger partial charge on any atom is -0.461 e. The van der Waals surface area contributed by atoms with Gasteiger partial charge in [-0.2, -0.15) is 9.97 Å². The molecule has 250 valence electrons. The van der Waals surface area contributed by atoms with E-state index in [1.54, 1.807) is 17.2 Å². The molecule has 2 aromatic carbocycles. The first-order chi connectivity index (χ1) is 23.0. The van der Waals surface area contributed by atoms with E-state index in [1.165, 1.54) is 0 Å². The molecule has 0 aliphatic carbocycles. The molecule has 2 aromatic heterocycles. The number of nitrogens with zero attached hydrogens (tertiary/aromatic N) is 6. The SMILES string of the molecule is C#Cc1cccc2cccc(-c3ncc4c(N(C)[C@@H]5CCN(C(=O)OC(C)(C)C)C5)nc(OC[C@@]56CCCN5C[C@H](F)C6)nc4c3F)c12. The molecule has 0 spiro atoms. The lowest BCUT2D eigenvalue weighted by molar-refractivity contribution is 0.0292.